The van der Waals surface area contributed by atoms with Crippen molar-refractivity contribution < 1.29 is 14.3 Å². The minimum absolute atomic E-state index is 0.0315. The molecule has 25 heavy (non-hydrogen) atoms. The third-order valence-corrected chi connectivity index (χ3v) is 5.32. The SMILES string of the molecule is CCNC(=O)c1ccc(C)c(NC(=O)C2(N)CC(OCC)C2(C)C)c1. The van der Waals surface area contributed by atoms with Gasteiger partial charge in [0.15, 0.2) is 0 Å². The van der Waals surface area contributed by atoms with E-state index in [-0.39, 0.29) is 17.9 Å². The van der Waals surface area contributed by atoms with Crippen LogP contribution in [0.3, 0.4) is 0 Å². The van der Waals surface area contributed by atoms with Crippen molar-refractivity contribution in [2.75, 3.05) is 18.5 Å². The smallest absolute Gasteiger partial charge is 0.251 e. The molecule has 1 aliphatic rings. The average Bonchev–Trinajstić information content (AvgIpc) is 2.56. The standard InChI is InChI=1S/C19H29N3O3/c1-6-21-16(23)13-9-8-12(3)14(10-13)22-17(24)19(20)11-15(25-7-2)18(19,4)5/h8-10,15H,6-7,11,20H2,1-5H3,(H,21,23)(H,22,24). The van der Waals surface area contributed by atoms with Gasteiger partial charge in [-0.1, -0.05) is 19.9 Å². The Bertz CT molecular complexity index is 672. The number of nitrogens with one attached hydrogen (secondary N) is 2. The molecule has 0 aliphatic heterocycles. The zero-order chi connectivity index (χ0) is 18.8. The molecule has 2 atom stereocenters. The van der Waals surface area contributed by atoms with Gasteiger partial charge in [0.1, 0.15) is 5.54 Å². The fourth-order valence-electron chi connectivity index (χ4n) is 3.21. The fourth-order valence-corrected chi connectivity index (χ4v) is 3.21. The quantitative estimate of drug-likeness (QED) is 0.735. The Hall–Kier alpha value is -1.92. The summed E-state index contributed by atoms with van der Waals surface area (Å²) in [6.45, 7) is 10.7. The molecule has 0 saturated heterocycles. The number of ether oxygens (including phenoxy) is 1. The van der Waals surface area contributed by atoms with Gasteiger partial charge in [-0.05, 0) is 38.5 Å². The van der Waals surface area contributed by atoms with Crippen LogP contribution in [0.25, 0.3) is 0 Å². The first-order valence-electron chi connectivity index (χ1n) is 8.78. The number of hydrogen-bond donors (Lipinski definition) is 3. The number of carbonyl (C=O) groups is 2. The molecule has 0 heterocycles. The van der Waals surface area contributed by atoms with E-state index in [0.29, 0.717) is 30.8 Å². The second-order valence-electron chi connectivity index (χ2n) is 7.18. The summed E-state index contributed by atoms with van der Waals surface area (Å²) < 4.78 is 5.68. The molecule has 0 bridgehead atoms. The second kappa shape index (κ2) is 7.14. The molecule has 138 valence electrons. The molecular weight excluding hydrogens is 318 g/mol. The normalized spacial score (nSPS) is 24.3. The van der Waals surface area contributed by atoms with Crippen molar-refractivity contribution in [2.24, 2.45) is 11.1 Å². The number of hydrogen-bond acceptors (Lipinski definition) is 4. The van der Waals surface area contributed by atoms with Crippen LogP contribution in [0, 0.1) is 12.3 Å². The molecule has 6 heteroatoms. The second-order valence-corrected chi connectivity index (χ2v) is 7.18. The average molecular weight is 347 g/mol. The van der Waals surface area contributed by atoms with E-state index < -0.39 is 11.0 Å². The number of nitrogens with two attached hydrogens (primary N) is 1. The van der Waals surface area contributed by atoms with Crippen LogP contribution in [0.5, 0.6) is 0 Å². The Kier molecular flexibility index (Phi) is 5.54. The zero-order valence-corrected chi connectivity index (χ0v) is 15.7. The number of amides is 2. The van der Waals surface area contributed by atoms with Gasteiger partial charge in [-0.2, -0.15) is 0 Å². The molecule has 1 aliphatic carbocycles. The van der Waals surface area contributed by atoms with E-state index in [2.05, 4.69) is 10.6 Å². The molecule has 4 N–H and O–H groups in total. The minimum Gasteiger partial charge on any atom is -0.378 e. The van der Waals surface area contributed by atoms with Gasteiger partial charge in [0.2, 0.25) is 5.91 Å². The van der Waals surface area contributed by atoms with E-state index in [1.165, 1.54) is 0 Å². The highest BCUT2D eigenvalue weighted by Gasteiger charge is 2.62. The Balaban J connectivity index is 2.18. The first kappa shape index (κ1) is 19.4. The molecular formula is C19H29N3O3. The Morgan fingerprint density at radius 1 is 1.32 bits per heavy atom. The summed E-state index contributed by atoms with van der Waals surface area (Å²) in [5.41, 5.74) is 6.95. The van der Waals surface area contributed by atoms with E-state index in [1.807, 2.05) is 40.7 Å². The van der Waals surface area contributed by atoms with Gasteiger partial charge in [-0.25, -0.2) is 0 Å². The summed E-state index contributed by atoms with van der Waals surface area (Å²) in [5.74, 6) is -0.412. The van der Waals surface area contributed by atoms with E-state index in [4.69, 9.17) is 10.5 Å². The Morgan fingerprint density at radius 3 is 2.56 bits per heavy atom. The van der Waals surface area contributed by atoms with Gasteiger partial charge in [-0.3, -0.25) is 9.59 Å². The van der Waals surface area contributed by atoms with Gasteiger partial charge in [0.05, 0.1) is 6.10 Å². The first-order valence-corrected chi connectivity index (χ1v) is 8.78. The van der Waals surface area contributed by atoms with Gasteiger partial charge in [-0.15, -0.1) is 0 Å². The van der Waals surface area contributed by atoms with Crippen LogP contribution >= 0.6 is 0 Å². The van der Waals surface area contributed by atoms with Crippen molar-refractivity contribution >= 4 is 17.5 Å². The number of anilines is 1. The van der Waals surface area contributed by atoms with Crippen molar-refractivity contribution in [2.45, 2.75) is 52.7 Å². The third-order valence-electron chi connectivity index (χ3n) is 5.32. The summed E-state index contributed by atoms with van der Waals surface area (Å²) in [6, 6.07) is 5.25. The Labute approximate surface area is 149 Å². The molecule has 2 unspecified atom stereocenters. The molecule has 1 aromatic carbocycles. The number of benzene rings is 1. The molecule has 1 aromatic rings. The van der Waals surface area contributed by atoms with Crippen molar-refractivity contribution in [3.8, 4) is 0 Å². The van der Waals surface area contributed by atoms with Gasteiger partial charge in [0, 0.05) is 36.2 Å². The summed E-state index contributed by atoms with van der Waals surface area (Å²) >= 11 is 0. The number of rotatable bonds is 6. The summed E-state index contributed by atoms with van der Waals surface area (Å²) in [7, 11) is 0. The van der Waals surface area contributed by atoms with E-state index in [0.717, 1.165) is 5.56 Å². The van der Waals surface area contributed by atoms with Gasteiger partial charge >= 0.3 is 0 Å². The minimum atomic E-state index is -0.999. The molecule has 2 rings (SSSR count). The lowest BCUT2D eigenvalue weighted by molar-refractivity contribution is -0.166. The predicted octanol–water partition coefficient (Wildman–Crippen LogP) is 2.22. The molecule has 0 spiro atoms. The highest BCUT2D eigenvalue weighted by molar-refractivity contribution is 6.02. The molecule has 1 fully saturated rings. The van der Waals surface area contributed by atoms with Crippen LogP contribution in [0.4, 0.5) is 5.69 Å². The molecule has 0 aromatic heterocycles. The fraction of sp³-hybridized carbons (Fsp3) is 0.579. The van der Waals surface area contributed by atoms with Crippen LogP contribution < -0.4 is 16.4 Å². The zero-order valence-electron chi connectivity index (χ0n) is 15.7. The maximum Gasteiger partial charge on any atom is 0.251 e. The highest BCUT2D eigenvalue weighted by atomic mass is 16.5. The molecule has 2 amide bonds. The maximum absolute atomic E-state index is 12.8. The first-order chi connectivity index (χ1) is 11.7. The number of aryl methyl sites for hydroxylation is 1. The molecule has 0 radical (unpaired) electrons. The molecule has 1 saturated carbocycles. The topological polar surface area (TPSA) is 93.5 Å². The summed E-state index contributed by atoms with van der Waals surface area (Å²) in [4.78, 5) is 24.9. The van der Waals surface area contributed by atoms with Crippen LogP contribution in [0.2, 0.25) is 0 Å². The van der Waals surface area contributed by atoms with Crippen LogP contribution in [0.1, 0.15) is 50.0 Å². The lowest BCUT2D eigenvalue weighted by Crippen LogP contribution is -2.74. The Morgan fingerprint density at radius 2 is 2.00 bits per heavy atom. The van der Waals surface area contributed by atoms with E-state index in [9.17, 15) is 9.59 Å². The van der Waals surface area contributed by atoms with Gasteiger partial charge in [0.25, 0.3) is 5.91 Å². The largest absolute Gasteiger partial charge is 0.378 e. The lowest BCUT2D eigenvalue weighted by Gasteiger charge is -2.57. The molecule has 6 nitrogen and oxygen atoms in total. The highest BCUT2D eigenvalue weighted by Crippen LogP contribution is 2.50. The monoisotopic (exact) mass is 347 g/mol. The predicted molar refractivity (Wildman–Crippen MR) is 98.5 cm³/mol. The summed E-state index contributed by atoms with van der Waals surface area (Å²) in [6.07, 6.45) is 0.449. The van der Waals surface area contributed by atoms with Crippen molar-refractivity contribution in [1.82, 2.24) is 5.32 Å². The van der Waals surface area contributed by atoms with Crippen molar-refractivity contribution in [3.05, 3.63) is 29.3 Å². The van der Waals surface area contributed by atoms with Crippen molar-refractivity contribution in [1.29, 1.82) is 0 Å². The van der Waals surface area contributed by atoms with Gasteiger partial charge < -0.3 is 21.1 Å². The maximum atomic E-state index is 12.8. The van der Waals surface area contributed by atoms with Crippen LogP contribution in [-0.2, 0) is 9.53 Å². The van der Waals surface area contributed by atoms with Crippen LogP contribution in [-0.4, -0.2) is 36.6 Å². The van der Waals surface area contributed by atoms with E-state index in [1.54, 1.807) is 12.1 Å². The third kappa shape index (κ3) is 3.41. The van der Waals surface area contributed by atoms with Crippen molar-refractivity contribution in [3.63, 3.8) is 0 Å². The summed E-state index contributed by atoms with van der Waals surface area (Å²) in [5, 5.41) is 5.66. The number of carbonyl (C=O) groups excluding carboxylic acids is 2. The van der Waals surface area contributed by atoms with Crippen LogP contribution in [0.15, 0.2) is 18.2 Å². The van der Waals surface area contributed by atoms with E-state index >= 15 is 0 Å². The lowest BCUT2D eigenvalue weighted by atomic mass is 9.54.